The summed E-state index contributed by atoms with van der Waals surface area (Å²) in [6.07, 6.45) is 3.37. The van der Waals surface area contributed by atoms with E-state index in [2.05, 4.69) is 25.3 Å². The van der Waals surface area contributed by atoms with Crippen molar-refractivity contribution >= 4 is 23.4 Å². The number of H-pyrrole nitrogens is 1. The molecule has 7 heteroatoms. The van der Waals surface area contributed by atoms with Crippen LogP contribution in [0.1, 0.15) is 5.69 Å². The minimum absolute atomic E-state index is 0.196. The van der Waals surface area contributed by atoms with Crippen molar-refractivity contribution in [2.45, 2.75) is 10.9 Å². The molecular weight excluding hydrogens is 298 g/mol. The first-order chi connectivity index (χ1) is 10.8. The van der Waals surface area contributed by atoms with Gasteiger partial charge in [-0.25, -0.2) is 15.0 Å². The molecule has 0 aliphatic carbocycles. The third kappa shape index (κ3) is 3.92. The summed E-state index contributed by atoms with van der Waals surface area (Å²) in [6, 6.07) is 12.8. The highest BCUT2D eigenvalue weighted by Crippen LogP contribution is 2.17. The molecular formula is C15H13N5OS. The van der Waals surface area contributed by atoms with E-state index in [1.807, 2.05) is 30.3 Å². The molecule has 2 N–H and O–H groups in total. The van der Waals surface area contributed by atoms with Crippen LogP contribution in [0.25, 0.3) is 0 Å². The molecule has 1 aromatic carbocycles. The minimum Gasteiger partial charge on any atom is -0.326 e. The molecule has 6 nitrogen and oxygen atoms in total. The number of para-hydroxylation sites is 1. The molecule has 0 atom stereocenters. The fourth-order valence-corrected chi connectivity index (χ4v) is 2.49. The van der Waals surface area contributed by atoms with Crippen molar-refractivity contribution in [1.82, 2.24) is 19.9 Å². The lowest BCUT2D eigenvalue weighted by Crippen LogP contribution is -2.11. The average molecular weight is 311 g/mol. The summed E-state index contributed by atoms with van der Waals surface area (Å²) in [5.41, 5.74) is 1.33. The molecule has 22 heavy (non-hydrogen) atoms. The normalized spacial score (nSPS) is 10.4. The van der Waals surface area contributed by atoms with Gasteiger partial charge in [-0.2, -0.15) is 0 Å². The highest BCUT2D eigenvalue weighted by atomic mass is 32.2. The Morgan fingerprint density at radius 1 is 1.09 bits per heavy atom. The van der Waals surface area contributed by atoms with E-state index in [1.165, 1.54) is 17.8 Å². The Hall–Kier alpha value is -2.67. The van der Waals surface area contributed by atoms with Gasteiger partial charge < -0.3 is 5.32 Å². The zero-order valence-electron chi connectivity index (χ0n) is 11.6. The Labute approximate surface area is 131 Å². The van der Waals surface area contributed by atoms with Crippen LogP contribution >= 0.6 is 11.8 Å². The molecule has 0 unspecified atom stereocenters. The van der Waals surface area contributed by atoms with Crippen LogP contribution in [0.2, 0.25) is 0 Å². The molecule has 0 saturated heterocycles. The van der Waals surface area contributed by atoms with Gasteiger partial charge in [0, 0.05) is 29.9 Å². The van der Waals surface area contributed by atoms with Crippen LogP contribution in [0.4, 0.5) is 11.6 Å². The fourth-order valence-electron chi connectivity index (χ4n) is 1.80. The predicted molar refractivity (Wildman–Crippen MR) is 86.2 cm³/mol. The molecule has 0 spiro atoms. The van der Waals surface area contributed by atoms with Crippen LogP contribution in [-0.2, 0) is 5.75 Å². The third-order valence-corrected chi connectivity index (χ3v) is 3.63. The van der Waals surface area contributed by atoms with Crippen molar-refractivity contribution < 1.29 is 0 Å². The highest BCUT2D eigenvalue weighted by molar-refractivity contribution is 7.98. The quantitative estimate of drug-likeness (QED) is 0.556. The number of nitrogens with zero attached hydrogens (tertiary/aromatic N) is 3. The first-order valence-electron chi connectivity index (χ1n) is 6.62. The van der Waals surface area contributed by atoms with Crippen molar-refractivity contribution in [2.75, 3.05) is 5.32 Å². The van der Waals surface area contributed by atoms with Crippen molar-refractivity contribution in [3.63, 3.8) is 0 Å². The van der Waals surface area contributed by atoms with E-state index in [0.29, 0.717) is 22.6 Å². The maximum absolute atomic E-state index is 11.7. The zero-order valence-corrected chi connectivity index (χ0v) is 12.4. The SMILES string of the molecule is O=c1cc(CSc2ncccn2)nc(Nc2ccccc2)[nH]1. The summed E-state index contributed by atoms with van der Waals surface area (Å²) in [4.78, 5) is 27.1. The lowest BCUT2D eigenvalue weighted by atomic mass is 10.3. The lowest BCUT2D eigenvalue weighted by Gasteiger charge is -2.06. The van der Waals surface area contributed by atoms with E-state index in [0.717, 1.165) is 5.69 Å². The van der Waals surface area contributed by atoms with Crippen molar-refractivity contribution in [3.05, 3.63) is 70.9 Å². The molecule has 2 aromatic heterocycles. The van der Waals surface area contributed by atoms with Crippen molar-refractivity contribution in [1.29, 1.82) is 0 Å². The summed E-state index contributed by atoms with van der Waals surface area (Å²) in [7, 11) is 0. The Kier molecular flexibility index (Phi) is 4.45. The molecule has 110 valence electrons. The van der Waals surface area contributed by atoms with Crippen LogP contribution in [0, 0.1) is 0 Å². The van der Waals surface area contributed by atoms with Crippen LogP contribution in [-0.4, -0.2) is 19.9 Å². The van der Waals surface area contributed by atoms with Gasteiger partial charge in [0.1, 0.15) is 0 Å². The first-order valence-corrected chi connectivity index (χ1v) is 7.60. The van der Waals surface area contributed by atoms with Gasteiger partial charge in [-0.1, -0.05) is 30.0 Å². The Balaban J connectivity index is 1.74. The van der Waals surface area contributed by atoms with E-state index in [4.69, 9.17) is 0 Å². The second-order valence-electron chi connectivity index (χ2n) is 4.40. The minimum atomic E-state index is -0.196. The predicted octanol–water partition coefficient (Wildman–Crippen LogP) is 2.60. The molecule has 0 amide bonds. The molecule has 0 aliphatic rings. The van der Waals surface area contributed by atoms with E-state index in [-0.39, 0.29) is 5.56 Å². The molecule has 3 rings (SSSR count). The Morgan fingerprint density at radius 3 is 2.64 bits per heavy atom. The highest BCUT2D eigenvalue weighted by Gasteiger charge is 2.04. The third-order valence-electron chi connectivity index (χ3n) is 2.72. The van der Waals surface area contributed by atoms with Crippen LogP contribution < -0.4 is 10.9 Å². The molecule has 0 fully saturated rings. The number of aromatic amines is 1. The number of hydrogen-bond acceptors (Lipinski definition) is 6. The van der Waals surface area contributed by atoms with Crippen LogP contribution in [0.15, 0.2) is 64.8 Å². The monoisotopic (exact) mass is 311 g/mol. The topological polar surface area (TPSA) is 83.6 Å². The molecule has 0 radical (unpaired) electrons. The van der Waals surface area contributed by atoms with Crippen LogP contribution in [0.3, 0.4) is 0 Å². The second-order valence-corrected chi connectivity index (χ2v) is 5.34. The van der Waals surface area contributed by atoms with Gasteiger partial charge in [0.2, 0.25) is 5.95 Å². The Morgan fingerprint density at radius 2 is 1.86 bits per heavy atom. The van der Waals surface area contributed by atoms with Gasteiger partial charge in [-0.15, -0.1) is 0 Å². The van der Waals surface area contributed by atoms with Crippen molar-refractivity contribution in [3.8, 4) is 0 Å². The molecule has 0 aliphatic heterocycles. The number of anilines is 2. The van der Waals surface area contributed by atoms with E-state index in [1.54, 1.807) is 18.5 Å². The number of nitrogens with one attached hydrogen (secondary N) is 2. The lowest BCUT2D eigenvalue weighted by molar-refractivity contribution is 0.963. The summed E-state index contributed by atoms with van der Waals surface area (Å²) in [5.74, 6) is 0.945. The number of aromatic nitrogens is 4. The molecule has 0 bridgehead atoms. The maximum atomic E-state index is 11.7. The van der Waals surface area contributed by atoms with Gasteiger partial charge in [0.05, 0.1) is 5.69 Å². The first kappa shape index (κ1) is 14.3. The van der Waals surface area contributed by atoms with Gasteiger partial charge in [-0.05, 0) is 18.2 Å². The van der Waals surface area contributed by atoms with Gasteiger partial charge >= 0.3 is 0 Å². The zero-order chi connectivity index (χ0) is 15.2. The number of benzene rings is 1. The fraction of sp³-hybridized carbons (Fsp3) is 0.0667. The average Bonchev–Trinajstić information content (AvgIpc) is 2.54. The summed E-state index contributed by atoms with van der Waals surface area (Å²) in [6.45, 7) is 0. The molecule has 2 heterocycles. The number of thioether (sulfide) groups is 1. The largest absolute Gasteiger partial charge is 0.326 e. The van der Waals surface area contributed by atoms with E-state index >= 15 is 0 Å². The van der Waals surface area contributed by atoms with Gasteiger partial charge in [-0.3, -0.25) is 9.78 Å². The molecule has 3 aromatic rings. The van der Waals surface area contributed by atoms with E-state index in [9.17, 15) is 4.79 Å². The van der Waals surface area contributed by atoms with Crippen LogP contribution in [0.5, 0.6) is 0 Å². The van der Waals surface area contributed by atoms with Gasteiger partial charge in [0.25, 0.3) is 5.56 Å². The summed E-state index contributed by atoms with van der Waals surface area (Å²) >= 11 is 1.43. The maximum Gasteiger partial charge on any atom is 0.252 e. The second kappa shape index (κ2) is 6.86. The summed E-state index contributed by atoms with van der Waals surface area (Å²) < 4.78 is 0. The molecule has 0 saturated carbocycles. The van der Waals surface area contributed by atoms with Crippen molar-refractivity contribution in [2.24, 2.45) is 0 Å². The summed E-state index contributed by atoms with van der Waals surface area (Å²) in [5, 5.41) is 3.73. The smallest absolute Gasteiger partial charge is 0.252 e. The number of hydrogen-bond donors (Lipinski definition) is 2. The Bertz CT molecular complexity index is 792. The van der Waals surface area contributed by atoms with E-state index < -0.39 is 0 Å². The number of rotatable bonds is 5. The standard InChI is InChI=1S/C15H13N5OS/c21-13-9-12(10-22-15-16-7-4-8-17-15)19-14(20-13)18-11-5-2-1-3-6-11/h1-9H,10H2,(H2,18,19,20,21). The van der Waals surface area contributed by atoms with Gasteiger partial charge in [0.15, 0.2) is 5.16 Å².